The number of imide groups is 2. The van der Waals surface area contributed by atoms with Crippen molar-refractivity contribution >= 4 is 39.7 Å². The monoisotopic (exact) mass is 388 g/mol. The molecule has 0 aromatic carbocycles. The minimum Gasteiger partial charge on any atom is -0.330 e. The lowest BCUT2D eigenvalue weighted by molar-refractivity contribution is -0.197. The molecule has 0 aliphatic carbocycles. The van der Waals surface area contributed by atoms with Gasteiger partial charge in [0.15, 0.2) is 5.25 Å². The van der Waals surface area contributed by atoms with Crippen molar-refractivity contribution in [1.29, 1.82) is 0 Å². The molecule has 0 bridgehead atoms. The van der Waals surface area contributed by atoms with Crippen LogP contribution in [0.5, 0.6) is 0 Å². The fourth-order valence-corrected chi connectivity index (χ4v) is 3.13. The van der Waals surface area contributed by atoms with Crippen LogP contribution in [0.15, 0.2) is 12.2 Å². The van der Waals surface area contributed by atoms with E-state index in [9.17, 15) is 32.4 Å². The van der Waals surface area contributed by atoms with Crippen LogP contribution in [-0.2, 0) is 38.9 Å². The maximum absolute atomic E-state index is 11.7. The molecular formula is C14H16N2O9S. The van der Waals surface area contributed by atoms with Crippen molar-refractivity contribution in [1.82, 2.24) is 9.96 Å². The summed E-state index contributed by atoms with van der Waals surface area (Å²) in [5.74, 6) is -4.06. The number of hydroxylamine groups is 2. The average Bonchev–Trinajstić information content (AvgIpc) is 3.01. The van der Waals surface area contributed by atoms with Gasteiger partial charge in [-0.3, -0.25) is 28.6 Å². The van der Waals surface area contributed by atoms with E-state index < -0.39 is 51.4 Å². The summed E-state index contributed by atoms with van der Waals surface area (Å²) in [4.78, 5) is 63.2. The molecule has 2 aliphatic rings. The topological polar surface area (TPSA) is 155 Å². The van der Waals surface area contributed by atoms with Crippen LogP contribution >= 0.6 is 0 Å². The first-order valence-corrected chi connectivity index (χ1v) is 9.19. The molecular weight excluding hydrogens is 372 g/mol. The zero-order valence-electron chi connectivity index (χ0n) is 13.5. The third-order valence-electron chi connectivity index (χ3n) is 3.78. The zero-order valence-corrected chi connectivity index (χ0v) is 14.3. The molecule has 1 saturated heterocycles. The first-order valence-electron chi connectivity index (χ1n) is 7.68. The number of unbranched alkanes of at least 4 members (excludes halogenated alkanes) is 2. The predicted octanol–water partition coefficient (Wildman–Crippen LogP) is -1.05. The molecule has 1 atom stereocenters. The predicted molar refractivity (Wildman–Crippen MR) is 82.2 cm³/mol. The van der Waals surface area contributed by atoms with E-state index in [0.717, 1.165) is 4.90 Å². The molecule has 11 nitrogen and oxygen atoms in total. The molecule has 0 saturated carbocycles. The van der Waals surface area contributed by atoms with E-state index in [4.69, 9.17) is 4.55 Å². The Kier molecular flexibility index (Phi) is 5.87. The number of hydrogen-bond acceptors (Lipinski definition) is 8. The van der Waals surface area contributed by atoms with Crippen molar-refractivity contribution in [2.24, 2.45) is 0 Å². The maximum Gasteiger partial charge on any atom is 0.333 e. The lowest BCUT2D eigenvalue weighted by Gasteiger charge is -2.14. The third kappa shape index (κ3) is 4.52. The van der Waals surface area contributed by atoms with Gasteiger partial charge in [-0.1, -0.05) is 6.42 Å². The van der Waals surface area contributed by atoms with Crippen LogP contribution in [0.2, 0.25) is 0 Å². The quantitative estimate of drug-likeness (QED) is 0.311. The molecule has 0 spiro atoms. The second-order valence-corrected chi connectivity index (χ2v) is 7.27. The molecule has 2 aliphatic heterocycles. The number of nitrogens with zero attached hydrogens (tertiary/aromatic N) is 2. The van der Waals surface area contributed by atoms with Crippen LogP contribution in [0.1, 0.15) is 32.1 Å². The number of carbonyl (C=O) groups excluding carboxylic acids is 5. The standard InChI is InChI=1S/C14H16N2O9S/c17-10-5-6-11(18)15(10)7-3-1-2-4-13(20)25-16-12(19)8-9(14(16)21)26(22,23)24/h5-6,9H,1-4,7-8H2,(H,22,23,24). The van der Waals surface area contributed by atoms with Crippen molar-refractivity contribution in [3.8, 4) is 0 Å². The number of rotatable bonds is 8. The highest BCUT2D eigenvalue weighted by Gasteiger charge is 2.48. The van der Waals surface area contributed by atoms with Gasteiger partial charge in [0.25, 0.3) is 33.7 Å². The minimum atomic E-state index is -4.76. The van der Waals surface area contributed by atoms with Gasteiger partial charge in [-0.15, -0.1) is 5.06 Å². The highest BCUT2D eigenvalue weighted by molar-refractivity contribution is 7.87. The molecule has 0 aromatic heterocycles. The Morgan fingerprint density at radius 3 is 2.27 bits per heavy atom. The molecule has 1 unspecified atom stereocenters. The Morgan fingerprint density at radius 2 is 1.73 bits per heavy atom. The molecule has 1 fully saturated rings. The lowest BCUT2D eigenvalue weighted by atomic mass is 10.2. The van der Waals surface area contributed by atoms with Gasteiger partial charge in [0.1, 0.15) is 0 Å². The Bertz CT molecular complexity index is 768. The third-order valence-corrected chi connectivity index (χ3v) is 4.87. The second kappa shape index (κ2) is 7.74. The normalized spacial score (nSPS) is 20.4. The first kappa shape index (κ1) is 19.7. The van der Waals surface area contributed by atoms with Gasteiger partial charge >= 0.3 is 5.97 Å². The Hall–Kier alpha value is -2.60. The minimum absolute atomic E-state index is 0.0496. The van der Waals surface area contributed by atoms with Crippen LogP contribution in [-0.4, -0.2) is 64.3 Å². The molecule has 1 N–H and O–H groups in total. The van der Waals surface area contributed by atoms with E-state index in [2.05, 4.69) is 4.84 Å². The summed E-state index contributed by atoms with van der Waals surface area (Å²) < 4.78 is 30.8. The van der Waals surface area contributed by atoms with E-state index >= 15 is 0 Å². The second-order valence-electron chi connectivity index (χ2n) is 5.67. The van der Waals surface area contributed by atoms with E-state index in [1.54, 1.807) is 0 Å². The first-order chi connectivity index (χ1) is 12.1. The van der Waals surface area contributed by atoms with Gasteiger partial charge in [-0.25, -0.2) is 4.79 Å². The summed E-state index contributed by atoms with van der Waals surface area (Å²) in [6.45, 7) is 0.207. The van der Waals surface area contributed by atoms with Gasteiger partial charge in [-0.2, -0.15) is 8.42 Å². The Labute approximate surface area is 148 Å². The lowest BCUT2D eigenvalue weighted by Crippen LogP contribution is -2.36. The van der Waals surface area contributed by atoms with E-state index in [1.165, 1.54) is 12.2 Å². The van der Waals surface area contributed by atoms with Gasteiger partial charge in [0.05, 0.1) is 6.42 Å². The highest BCUT2D eigenvalue weighted by Crippen LogP contribution is 2.20. The number of hydrogen-bond donors (Lipinski definition) is 1. The average molecular weight is 388 g/mol. The van der Waals surface area contributed by atoms with Crippen LogP contribution in [0.3, 0.4) is 0 Å². The molecule has 12 heteroatoms. The number of carbonyl (C=O) groups is 5. The smallest absolute Gasteiger partial charge is 0.330 e. The van der Waals surface area contributed by atoms with Crippen LogP contribution < -0.4 is 0 Å². The Morgan fingerprint density at radius 1 is 1.12 bits per heavy atom. The summed E-state index contributed by atoms with van der Waals surface area (Å²) in [6, 6.07) is 0. The summed E-state index contributed by atoms with van der Waals surface area (Å²) in [7, 11) is -4.76. The van der Waals surface area contributed by atoms with Gasteiger partial charge in [0.2, 0.25) is 0 Å². The van der Waals surface area contributed by atoms with Gasteiger partial charge < -0.3 is 4.84 Å². The van der Waals surface area contributed by atoms with Crippen LogP contribution in [0.4, 0.5) is 0 Å². The van der Waals surface area contributed by atoms with E-state index in [-0.39, 0.29) is 18.0 Å². The Balaban J connectivity index is 1.71. The van der Waals surface area contributed by atoms with E-state index in [1.807, 2.05) is 0 Å². The van der Waals surface area contributed by atoms with Gasteiger partial charge in [-0.05, 0) is 12.8 Å². The summed E-state index contributed by atoms with van der Waals surface area (Å²) >= 11 is 0. The van der Waals surface area contributed by atoms with Gasteiger partial charge in [0, 0.05) is 25.1 Å². The molecule has 4 amide bonds. The molecule has 0 radical (unpaired) electrons. The van der Waals surface area contributed by atoms with Crippen molar-refractivity contribution < 1.29 is 41.8 Å². The largest absolute Gasteiger partial charge is 0.333 e. The molecule has 142 valence electrons. The maximum atomic E-state index is 11.7. The summed E-state index contributed by atoms with van der Waals surface area (Å²) in [6.07, 6.45) is 2.62. The van der Waals surface area contributed by atoms with Crippen LogP contribution in [0.25, 0.3) is 0 Å². The van der Waals surface area contributed by atoms with Crippen molar-refractivity contribution in [2.45, 2.75) is 37.4 Å². The fraction of sp³-hybridized carbons (Fsp3) is 0.500. The number of amides is 4. The summed E-state index contributed by atoms with van der Waals surface area (Å²) in [5.41, 5.74) is 0. The zero-order chi connectivity index (χ0) is 19.5. The fourth-order valence-electron chi connectivity index (χ4n) is 2.43. The van der Waals surface area contributed by atoms with E-state index in [0.29, 0.717) is 19.3 Å². The molecule has 26 heavy (non-hydrogen) atoms. The molecule has 2 heterocycles. The molecule has 0 aromatic rings. The highest BCUT2D eigenvalue weighted by atomic mass is 32.2. The molecule has 2 rings (SSSR count). The van der Waals surface area contributed by atoms with Crippen molar-refractivity contribution in [3.05, 3.63) is 12.2 Å². The summed E-state index contributed by atoms with van der Waals surface area (Å²) in [5, 5.41) is -1.92. The van der Waals surface area contributed by atoms with Crippen molar-refractivity contribution in [3.63, 3.8) is 0 Å². The SMILES string of the molecule is O=C(CCCCCN1C(=O)C=CC1=O)ON1C(=O)CC(S(=O)(=O)O)C1=O. The van der Waals surface area contributed by atoms with Crippen LogP contribution in [0, 0.1) is 0 Å². The van der Waals surface area contributed by atoms with Crippen molar-refractivity contribution in [2.75, 3.05) is 6.54 Å².